The number of sulfonamides is 1. The second-order valence-electron chi connectivity index (χ2n) is 7.11. The van der Waals surface area contributed by atoms with E-state index in [1.54, 1.807) is 18.2 Å². The van der Waals surface area contributed by atoms with Gasteiger partial charge in [-0.2, -0.15) is 0 Å². The Labute approximate surface area is 192 Å². The van der Waals surface area contributed by atoms with Crippen molar-refractivity contribution in [2.45, 2.75) is 11.4 Å². The molecule has 0 aliphatic carbocycles. The van der Waals surface area contributed by atoms with Gasteiger partial charge in [-0.3, -0.25) is 4.31 Å². The Bertz CT molecular complexity index is 1310. The molecule has 4 aromatic rings. The molecule has 0 saturated heterocycles. The van der Waals surface area contributed by atoms with Gasteiger partial charge in [0.25, 0.3) is 10.0 Å². The van der Waals surface area contributed by atoms with E-state index in [9.17, 15) is 13.6 Å². The normalized spacial score (nSPS) is 11.1. The van der Waals surface area contributed by atoms with Crippen LogP contribution in [0.4, 0.5) is 5.69 Å². The van der Waals surface area contributed by atoms with Gasteiger partial charge in [-0.1, -0.05) is 48.5 Å². The Hall–Kier alpha value is -4.04. The second-order valence-corrected chi connectivity index (χ2v) is 8.97. The molecule has 168 valence electrons. The van der Waals surface area contributed by atoms with E-state index < -0.39 is 10.0 Å². The van der Waals surface area contributed by atoms with Crippen LogP contribution in [-0.2, 0) is 16.6 Å². The second kappa shape index (κ2) is 9.62. The van der Waals surface area contributed by atoms with Crippen molar-refractivity contribution < 1.29 is 22.6 Å². The monoisotopic (exact) mass is 462 g/mol. The number of aromatic nitrogens is 1. The van der Waals surface area contributed by atoms with E-state index in [4.69, 9.17) is 9.47 Å². The van der Waals surface area contributed by atoms with Crippen LogP contribution < -0.4 is 18.5 Å². The number of para-hydroxylation sites is 1. The van der Waals surface area contributed by atoms with Crippen LogP contribution in [0.1, 0.15) is 5.56 Å². The molecule has 0 spiro atoms. The van der Waals surface area contributed by atoms with Crippen LogP contribution in [0, 0.1) is 5.21 Å². The highest BCUT2D eigenvalue weighted by atomic mass is 32.2. The van der Waals surface area contributed by atoms with Gasteiger partial charge in [-0.05, 0) is 48.0 Å². The Morgan fingerprint density at radius 3 is 2.06 bits per heavy atom. The third-order valence-corrected chi connectivity index (χ3v) is 6.69. The van der Waals surface area contributed by atoms with Gasteiger partial charge in [0, 0.05) is 6.07 Å². The van der Waals surface area contributed by atoms with Crippen LogP contribution in [0.15, 0.2) is 108 Å². The number of hydrogen-bond acceptors (Lipinski definition) is 5. The molecule has 0 aliphatic heterocycles. The number of pyridine rings is 1. The molecule has 1 heterocycles. The fraction of sp³-hybridized carbons (Fsp3) is 0.0800. The first-order valence-electron chi connectivity index (χ1n) is 10.1. The van der Waals surface area contributed by atoms with Crippen LogP contribution in [-0.4, -0.2) is 15.5 Å². The van der Waals surface area contributed by atoms with Gasteiger partial charge in [-0.15, -0.1) is 4.73 Å². The maximum Gasteiger partial charge on any atom is 0.404 e. The van der Waals surface area contributed by atoms with Gasteiger partial charge in [-0.25, -0.2) is 8.42 Å². The summed E-state index contributed by atoms with van der Waals surface area (Å²) in [7, 11) is -2.72. The smallest absolute Gasteiger partial charge is 0.404 e. The number of methoxy groups -OCH3 is 1. The maximum atomic E-state index is 13.7. The van der Waals surface area contributed by atoms with Crippen molar-refractivity contribution in [1.29, 1.82) is 0 Å². The third-order valence-electron chi connectivity index (χ3n) is 4.92. The molecule has 0 amide bonds. The van der Waals surface area contributed by atoms with E-state index in [0.29, 0.717) is 16.2 Å². The van der Waals surface area contributed by atoms with Crippen LogP contribution in [0.25, 0.3) is 0 Å². The number of anilines is 1. The molecule has 1 aromatic heterocycles. The summed E-state index contributed by atoms with van der Waals surface area (Å²) in [6.45, 7) is 0.0197. The lowest BCUT2D eigenvalue weighted by Gasteiger charge is -2.25. The zero-order valence-electron chi connectivity index (χ0n) is 17.9. The van der Waals surface area contributed by atoms with Crippen LogP contribution in [0.5, 0.6) is 17.4 Å². The minimum Gasteiger partial charge on any atom is -0.616 e. The number of benzene rings is 3. The highest BCUT2D eigenvalue weighted by Gasteiger charge is 2.31. The quantitative estimate of drug-likeness (QED) is 0.284. The molecule has 0 unspecified atom stereocenters. The Morgan fingerprint density at radius 2 is 1.42 bits per heavy atom. The molecule has 7 nitrogen and oxygen atoms in total. The van der Waals surface area contributed by atoms with E-state index in [-0.39, 0.29) is 23.0 Å². The summed E-state index contributed by atoms with van der Waals surface area (Å²) in [5.41, 5.74) is 0.900. The Morgan fingerprint density at radius 1 is 0.818 bits per heavy atom. The van der Waals surface area contributed by atoms with E-state index in [1.165, 1.54) is 35.8 Å². The van der Waals surface area contributed by atoms with Crippen LogP contribution in [0.2, 0.25) is 0 Å². The molecule has 3 aromatic carbocycles. The Kier molecular flexibility index (Phi) is 6.46. The molecule has 0 atom stereocenters. The highest BCUT2D eigenvalue weighted by molar-refractivity contribution is 7.92. The van der Waals surface area contributed by atoms with Gasteiger partial charge in [0.2, 0.25) is 0 Å². The van der Waals surface area contributed by atoms with Gasteiger partial charge >= 0.3 is 5.88 Å². The van der Waals surface area contributed by atoms with Gasteiger partial charge < -0.3 is 14.7 Å². The average molecular weight is 463 g/mol. The van der Waals surface area contributed by atoms with E-state index >= 15 is 0 Å². The van der Waals surface area contributed by atoms with Crippen molar-refractivity contribution in [3.8, 4) is 17.4 Å². The minimum absolute atomic E-state index is 0.0197. The van der Waals surface area contributed by atoms with Crippen molar-refractivity contribution in [1.82, 2.24) is 0 Å². The molecule has 0 radical (unpaired) electrons. The fourth-order valence-corrected chi connectivity index (χ4v) is 4.78. The van der Waals surface area contributed by atoms with Crippen molar-refractivity contribution >= 4 is 15.7 Å². The van der Waals surface area contributed by atoms with E-state index in [2.05, 4.69) is 0 Å². The first kappa shape index (κ1) is 22.2. The largest absolute Gasteiger partial charge is 0.616 e. The summed E-state index contributed by atoms with van der Waals surface area (Å²) in [6.07, 6.45) is 1.26. The predicted octanol–water partition coefficient (Wildman–Crippen LogP) is 4.52. The van der Waals surface area contributed by atoms with Gasteiger partial charge in [0.05, 0.1) is 18.6 Å². The molecule has 0 N–H and O–H groups in total. The summed E-state index contributed by atoms with van der Waals surface area (Å²) >= 11 is 0. The molecule has 0 saturated carbocycles. The van der Waals surface area contributed by atoms with E-state index in [0.717, 1.165) is 5.56 Å². The van der Waals surface area contributed by atoms with E-state index in [1.807, 2.05) is 60.7 Å². The standard InChI is InChI=1S/C25H22N2O5S/c1-31-25-24(13-8-18-26(25)28)27(19-20-9-4-2-5-10-20)33(29,30)23-16-14-22(15-17-23)32-21-11-6-3-7-12-21/h2-18H,19H2,1H3. The topological polar surface area (TPSA) is 82.8 Å². The molecule has 0 bridgehead atoms. The lowest BCUT2D eigenvalue weighted by atomic mass is 10.2. The fourth-order valence-electron chi connectivity index (χ4n) is 3.33. The zero-order chi connectivity index (χ0) is 23.3. The minimum atomic E-state index is -4.05. The Balaban J connectivity index is 1.72. The number of rotatable bonds is 8. The summed E-state index contributed by atoms with van der Waals surface area (Å²) in [5.74, 6) is 1.04. The average Bonchev–Trinajstić information content (AvgIpc) is 2.84. The molecular weight excluding hydrogens is 440 g/mol. The molecule has 4 rings (SSSR count). The molecule has 0 fully saturated rings. The highest BCUT2D eigenvalue weighted by Crippen LogP contribution is 2.32. The summed E-state index contributed by atoms with van der Waals surface area (Å²) in [4.78, 5) is 0.0576. The SMILES string of the molecule is COc1c(N(Cc2ccccc2)S(=O)(=O)c2ccc(Oc3ccccc3)cc2)ccc[n+]1[O-]. The van der Waals surface area contributed by atoms with Crippen molar-refractivity contribution in [3.63, 3.8) is 0 Å². The third kappa shape index (κ3) is 4.91. The lowest BCUT2D eigenvalue weighted by molar-refractivity contribution is -0.611. The van der Waals surface area contributed by atoms with Crippen LogP contribution in [0.3, 0.4) is 0 Å². The summed E-state index contributed by atoms with van der Waals surface area (Å²) in [5, 5.41) is 12.3. The number of ether oxygens (including phenoxy) is 2. The summed E-state index contributed by atoms with van der Waals surface area (Å²) in [6, 6.07) is 27.5. The van der Waals surface area contributed by atoms with Crippen molar-refractivity contribution in [2.75, 3.05) is 11.4 Å². The molecule has 33 heavy (non-hydrogen) atoms. The zero-order valence-corrected chi connectivity index (χ0v) is 18.7. The molecule has 8 heteroatoms. The van der Waals surface area contributed by atoms with Crippen molar-refractivity contribution in [3.05, 3.63) is 114 Å². The molecule has 0 aliphatic rings. The summed E-state index contributed by atoms with van der Waals surface area (Å²) < 4.78 is 40.1. The molecular formula is C25H22N2O5S. The number of hydrogen-bond donors (Lipinski definition) is 0. The maximum absolute atomic E-state index is 13.7. The van der Waals surface area contributed by atoms with Crippen molar-refractivity contribution in [2.24, 2.45) is 0 Å². The number of nitrogens with zero attached hydrogens (tertiary/aromatic N) is 2. The van der Waals surface area contributed by atoms with Gasteiger partial charge in [0.15, 0.2) is 11.9 Å². The first-order valence-corrected chi connectivity index (χ1v) is 11.6. The lowest BCUT2D eigenvalue weighted by Crippen LogP contribution is -2.35. The van der Waals surface area contributed by atoms with Crippen LogP contribution >= 0.6 is 0 Å². The first-order chi connectivity index (χ1) is 16.0. The van der Waals surface area contributed by atoms with Gasteiger partial charge in [0.1, 0.15) is 11.5 Å². The predicted molar refractivity (Wildman–Crippen MR) is 125 cm³/mol.